The Bertz CT molecular complexity index is 670. The molecule has 7 heteroatoms. The Hall–Kier alpha value is -1.94. The predicted octanol–water partition coefficient (Wildman–Crippen LogP) is 3.53. The van der Waals surface area contributed by atoms with E-state index in [4.69, 9.17) is 4.74 Å². The van der Waals surface area contributed by atoms with Crippen LogP contribution in [0.2, 0.25) is 0 Å². The molecule has 2 atom stereocenters. The van der Waals surface area contributed by atoms with Crippen molar-refractivity contribution >= 4 is 5.78 Å². The van der Waals surface area contributed by atoms with E-state index in [0.717, 1.165) is 12.3 Å². The monoisotopic (exact) mass is 326 g/mol. The van der Waals surface area contributed by atoms with E-state index >= 15 is 0 Å². The van der Waals surface area contributed by atoms with Crippen LogP contribution in [0.15, 0.2) is 12.3 Å². The summed E-state index contributed by atoms with van der Waals surface area (Å²) in [5.41, 5.74) is -2.97. The molecular formula is C16H17F3N2O2. The third-order valence-electron chi connectivity index (χ3n) is 4.34. The Balaban J connectivity index is 2.63. The number of ether oxygens (including phenoxy) is 1. The van der Waals surface area contributed by atoms with Crippen LogP contribution in [-0.2, 0) is 15.1 Å². The Morgan fingerprint density at radius 3 is 2.65 bits per heavy atom. The number of nitriles is 1. The zero-order chi connectivity index (χ0) is 17.4. The van der Waals surface area contributed by atoms with Gasteiger partial charge >= 0.3 is 0 Å². The van der Waals surface area contributed by atoms with Crippen molar-refractivity contribution in [2.75, 3.05) is 7.11 Å². The Kier molecular flexibility index (Phi) is 4.49. The number of ketones is 1. The van der Waals surface area contributed by atoms with Crippen LogP contribution >= 0.6 is 0 Å². The minimum atomic E-state index is -2.94. The number of carbonyl (C=O) groups excluding carboxylic acids is 1. The SMILES string of the molecule is CO[C@]1(c2ncc(F)cc2C(F)F)CC(C#N)C(=O)C(C)(C)C1. The number of nitrogens with zero attached hydrogens (tertiary/aromatic N) is 2. The van der Waals surface area contributed by atoms with Crippen molar-refractivity contribution in [3.63, 3.8) is 0 Å². The molecule has 0 bridgehead atoms. The average molecular weight is 326 g/mol. The van der Waals surface area contributed by atoms with E-state index < -0.39 is 34.7 Å². The molecule has 0 N–H and O–H groups in total. The van der Waals surface area contributed by atoms with Crippen LogP contribution in [0.5, 0.6) is 0 Å². The summed E-state index contributed by atoms with van der Waals surface area (Å²) in [6.07, 6.45) is -2.10. The first-order valence-corrected chi connectivity index (χ1v) is 7.10. The summed E-state index contributed by atoms with van der Waals surface area (Å²) in [5, 5.41) is 9.24. The molecule has 1 fully saturated rings. The highest BCUT2D eigenvalue weighted by Gasteiger charge is 2.53. The van der Waals surface area contributed by atoms with Crippen molar-refractivity contribution in [3.8, 4) is 6.07 Å². The van der Waals surface area contributed by atoms with Gasteiger partial charge in [-0.2, -0.15) is 5.26 Å². The van der Waals surface area contributed by atoms with E-state index in [1.165, 1.54) is 7.11 Å². The van der Waals surface area contributed by atoms with E-state index in [-0.39, 0.29) is 24.3 Å². The third kappa shape index (κ3) is 2.95. The van der Waals surface area contributed by atoms with Gasteiger partial charge in [-0.25, -0.2) is 13.2 Å². The van der Waals surface area contributed by atoms with Crippen LogP contribution in [0.1, 0.15) is 44.4 Å². The molecule has 0 aliphatic heterocycles. The Morgan fingerprint density at radius 1 is 1.48 bits per heavy atom. The summed E-state index contributed by atoms with van der Waals surface area (Å²) >= 11 is 0. The molecule has 0 radical (unpaired) electrons. The Morgan fingerprint density at radius 2 is 2.13 bits per heavy atom. The fraction of sp³-hybridized carbons (Fsp3) is 0.562. The number of halogens is 3. The molecular weight excluding hydrogens is 309 g/mol. The molecule has 1 saturated carbocycles. The number of methoxy groups -OCH3 is 1. The average Bonchev–Trinajstić information content (AvgIpc) is 2.49. The third-order valence-corrected chi connectivity index (χ3v) is 4.34. The second kappa shape index (κ2) is 5.93. The number of pyridine rings is 1. The van der Waals surface area contributed by atoms with Crippen molar-refractivity contribution in [1.29, 1.82) is 5.26 Å². The summed E-state index contributed by atoms with van der Waals surface area (Å²) in [4.78, 5) is 16.1. The smallest absolute Gasteiger partial charge is 0.265 e. The molecule has 0 amide bonds. The van der Waals surface area contributed by atoms with Gasteiger partial charge in [-0.05, 0) is 12.5 Å². The fourth-order valence-corrected chi connectivity index (χ4v) is 3.31. The van der Waals surface area contributed by atoms with E-state index in [1.807, 2.05) is 6.07 Å². The lowest BCUT2D eigenvalue weighted by Crippen LogP contribution is -2.48. The highest BCUT2D eigenvalue weighted by atomic mass is 19.3. The van der Waals surface area contributed by atoms with Gasteiger partial charge in [0.05, 0.1) is 18.0 Å². The maximum Gasteiger partial charge on any atom is 0.265 e. The molecule has 1 unspecified atom stereocenters. The number of rotatable bonds is 3. The normalized spacial score (nSPS) is 27.0. The van der Waals surface area contributed by atoms with Gasteiger partial charge < -0.3 is 4.74 Å². The first-order valence-electron chi connectivity index (χ1n) is 7.10. The van der Waals surface area contributed by atoms with Crippen LogP contribution < -0.4 is 0 Å². The summed E-state index contributed by atoms with van der Waals surface area (Å²) in [6, 6.07) is 2.63. The van der Waals surface area contributed by atoms with Crippen molar-refractivity contribution in [2.24, 2.45) is 11.3 Å². The van der Waals surface area contributed by atoms with E-state index in [1.54, 1.807) is 13.8 Å². The first-order chi connectivity index (χ1) is 10.7. The van der Waals surface area contributed by atoms with Crippen molar-refractivity contribution in [2.45, 2.75) is 38.7 Å². The molecule has 1 aliphatic carbocycles. The van der Waals surface area contributed by atoms with Gasteiger partial charge in [0.1, 0.15) is 17.3 Å². The minimum Gasteiger partial charge on any atom is -0.372 e. The molecule has 0 aromatic carbocycles. The van der Waals surface area contributed by atoms with Gasteiger partial charge in [0.2, 0.25) is 0 Å². The quantitative estimate of drug-likeness (QED) is 0.852. The zero-order valence-corrected chi connectivity index (χ0v) is 13.1. The van der Waals surface area contributed by atoms with Crippen LogP contribution in [-0.4, -0.2) is 17.9 Å². The summed E-state index contributed by atoms with van der Waals surface area (Å²) in [7, 11) is 1.32. The largest absolute Gasteiger partial charge is 0.372 e. The fourth-order valence-electron chi connectivity index (χ4n) is 3.31. The van der Waals surface area contributed by atoms with Crippen LogP contribution in [0.3, 0.4) is 0 Å². The molecule has 0 spiro atoms. The standard InChI is InChI=1S/C16H17F3N2O2/c1-15(2)8-16(23-3,5-9(6-20)13(15)22)12-11(14(18)19)4-10(17)7-21-12/h4,7,9,14H,5,8H2,1-3H3/t9?,16-/m1/s1. The van der Waals surface area contributed by atoms with Crippen molar-refractivity contribution in [3.05, 3.63) is 29.3 Å². The van der Waals surface area contributed by atoms with Gasteiger partial charge in [0.25, 0.3) is 6.43 Å². The lowest BCUT2D eigenvalue weighted by Gasteiger charge is -2.44. The molecule has 124 valence electrons. The summed E-state index contributed by atoms with van der Waals surface area (Å²) in [6.45, 7) is 3.27. The predicted molar refractivity (Wildman–Crippen MR) is 75.0 cm³/mol. The van der Waals surface area contributed by atoms with Gasteiger partial charge in [-0.3, -0.25) is 9.78 Å². The van der Waals surface area contributed by atoms with E-state index in [9.17, 15) is 23.2 Å². The number of Topliss-reactive ketones (excluding diaryl/α,β-unsaturated/α-hetero) is 1. The maximum atomic E-state index is 13.3. The van der Waals surface area contributed by atoms with Crippen LogP contribution in [0, 0.1) is 28.5 Å². The number of aromatic nitrogens is 1. The van der Waals surface area contributed by atoms with Crippen molar-refractivity contribution in [1.82, 2.24) is 4.98 Å². The number of alkyl halides is 2. The van der Waals surface area contributed by atoms with Gasteiger partial charge in [0, 0.05) is 24.5 Å². The number of carbonyl (C=O) groups is 1. The summed E-state index contributed by atoms with van der Waals surface area (Å²) < 4.78 is 45.5. The van der Waals surface area contributed by atoms with Crippen LogP contribution in [0.4, 0.5) is 13.2 Å². The molecule has 1 aliphatic rings. The zero-order valence-electron chi connectivity index (χ0n) is 13.1. The molecule has 1 aromatic heterocycles. The Labute approximate surface area is 132 Å². The summed E-state index contributed by atoms with van der Waals surface area (Å²) in [5.74, 6) is -2.12. The van der Waals surface area contributed by atoms with Crippen LogP contribution in [0.25, 0.3) is 0 Å². The van der Waals surface area contributed by atoms with Crippen molar-refractivity contribution < 1.29 is 22.7 Å². The minimum absolute atomic E-state index is 0.0827. The van der Waals surface area contributed by atoms with Gasteiger partial charge in [-0.1, -0.05) is 13.8 Å². The lowest BCUT2D eigenvalue weighted by atomic mass is 9.63. The van der Waals surface area contributed by atoms with Gasteiger partial charge in [-0.15, -0.1) is 0 Å². The highest BCUT2D eigenvalue weighted by Crippen LogP contribution is 2.49. The molecule has 4 nitrogen and oxygen atoms in total. The second-order valence-electron chi connectivity index (χ2n) is 6.40. The molecule has 1 aromatic rings. The molecule has 0 saturated heterocycles. The van der Waals surface area contributed by atoms with E-state index in [0.29, 0.717) is 0 Å². The highest BCUT2D eigenvalue weighted by molar-refractivity contribution is 5.89. The van der Waals surface area contributed by atoms with Gasteiger partial charge in [0.15, 0.2) is 5.78 Å². The number of hydrogen-bond donors (Lipinski definition) is 0. The topological polar surface area (TPSA) is 63.0 Å². The van der Waals surface area contributed by atoms with E-state index in [2.05, 4.69) is 4.98 Å². The molecule has 23 heavy (non-hydrogen) atoms. The maximum absolute atomic E-state index is 13.3. The molecule has 2 rings (SSSR count). The number of hydrogen-bond acceptors (Lipinski definition) is 4. The first kappa shape index (κ1) is 17.4. The lowest BCUT2D eigenvalue weighted by molar-refractivity contribution is -0.148. The second-order valence-corrected chi connectivity index (χ2v) is 6.40. The molecule has 1 heterocycles.